The lowest BCUT2D eigenvalue weighted by molar-refractivity contribution is 0.0546. The quantitative estimate of drug-likeness (QED) is 0.771. The molecule has 0 atom stereocenters. The first kappa shape index (κ1) is 17.7. The van der Waals surface area contributed by atoms with Crippen LogP contribution in [0.15, 0.2) is 11.0 Å². The minimum absolute atomic E-state index is 0.107. The number of methoxy groups -OCH3 is 2. The van der Waals surface area contributed by atoms with E-state index in [2.05, 4.69) is 9.47 Å². The van der Waals surface area contributed by atoms with Crippen molar-refractivity contribution in [1.29, 1.82) is 0 Å². The van der Waals surface area contributed by atoms with E-state index in [0.717, 1.165) is 14.2 Å². The smallest absolute Gasteiger partial charge is 0.344 e. The molecule has 0 aliphatic rings. The number of carbonyl (C=O) groups is 2. The van der Waals surface area contributed by atoms with E-state index in [1.54, 1.807) is 27.7 Å². The van der Waals surface area contributed by atoms with Crippen LogP contribution in [-0.4, -0.2) is 36.8 Å². The zero-order valence-electron chi connectivity index (χ0n) is 13.6. The first-order valence-corrected chi connectivity index (χ1v) is 6.87. The van der Waals surface area contributed by atoms with Crippen molar-refractivity contribution >= 4 is 11.9 Å². The Kier molecular flexibility index (Phi) is 5.73. The van der Waals surface area contributed by atoms with Gasteiger partial charge < -0.3 is 18.8 Å². The fraction of sp³-hybridized carbons (Fsp3) is 0.533. The van der Waals surface area contributed by atoms with Gasteiger partial charge in [-0.05, 0) is 27.7 Å². The van der Waals surface area contributed by atoms with Crippen molar-refractivity contribution in [3.63, 3.8) is 0 Å². The van der Waals surface area contributed by atoms with Crippen LogP contribution >= 0.6 is 0 Å². The second-order valence-electron chi connectivity index (χ2n) is 5.20. The molecule has 0 saturated heterocycles. The van der Waals surface area contributed by atoms with Crippen LogP contribution in [-0.2, 0) is 9.47 Å². The summed E-state index contributed by atoms with van der Waals surface area (Å²) in [6, 6.07) is -0.225. The molecular formula is C15H21NO6. The number of carbonyl (C=O) groups excluding carboxylic acids is 2. The van der Waals surface area contributed by atoms with Gasteiger partial charge in [0.2, 0.25) is 0 Å². The molecule has 0 aliphatic carbocycles. The Morgan fingerprint density at radius 2 is 1.50 bits per heavy atom. The summed E-state index contributed by atoms with van der Waals surface area (Å²) in [6.45, 7) is 7.09. The molecule has 0 spiro atoms. The van der Waals surface area contributed by atoms with E-state index in [4.69, 9.17) is 4.74 Å². The third kappa shape index (κ3) is 3.47. The van der Waals surface area contributed by atoms with Crippen LogP contribution in [0.25, 0.3) is 0 Å². The summed E-state index contributed by atoms with van der Waals surface area (Å²) in [4.78, 5) is 36.5. The molecular weight excluding hydrogens is 290 g/mol. The van der Waals surface area contributed by atoms with Gasteiger partial charge in [-0.1, -0.05) is 0 Å². The summed E-state index contributed by atoms with van der Waals surface area (Å²) < 4.78 is 16.2. The summed E-state index contributed by atoms with van der Waals surface area (Å²) >= 11 is 0. The van der Waals surface area contributed by atoms with Gasteiger partial charge in [-0.3, -0.25) is 4.79 Å². The summed E-state index contributed by atoms with van der Waals surface area (Å²) in [5, 5.41) is 0. The minimum atomic E-state index is -0.908. The molecule has 0 fully saturated rings. The van der Waals surface area contributed by atoms with Crippen molar-refractivity contribution < 1.29 is 23.8 Å². The average molecular weight is 311 g/mol. The SMILES string of the molecule is COC(=O)c1c(OC(C)C)cn(C(C)C)c(=O)c1C(=O)OC. The molecule has 1 rings (SSSR count). The third-order valence-electron chi connectivity index (χ3n) is 2.90. The monoisotopic (exact) mass is 311 g/mol. The first-order valence-electron chi connectivity index (χ1n) is 6.87. The fourth-order valence-electron chi connectivity index (χ4n) is 1.93. The molecule has 0 aliphatic heterocycles. The Bertz CT molecular complexity index is 630. The van der Waals surface area contributed by atoms with Crippen LogP contribution in [0.3, 0.4) is 0 Å². The molecule has 0 saturated carbocycles. The normalized spacial score (nSPS) is 10.7. The van der Waals surface area contributed by atoms with Crippen molar-refractivity contribution in [2.75, 3.05) is 14.2 Å². The number of aromatic nitrogens is 1. The second kappa shape index (κ2) is 7.11. The number of hydrogen-bond acceptors (Lipinski definition) is 6. The van der Waals surface area contributed by atoms with E-state index in [-0.39, 0.29) is 29.0 Å². The lowest BCUT2D eigenvalue weighted by atomic mass is 10.1. The second-order valence-corrected chi connectivity index (χ2v) is 5.20. The van der Waals surface area contributed by atoms with Gasteiger partial charge in [0.05, 0.1) is 26.5 Å². The average Bonchev–Trinajstić information content (AvgIpc) is 2.45. The molecule has 0 aromatic carbocycles. The summed E-state index contributed by atoms with van der Waals surface area (Å²) in [7, 11) is 2.30. The molecule has 1 aromatic heterocycles. The maximum absolute atomic E-state index is 12.5. The van der Waals surface area contributed by atoms with Crippen molar-refractivity contribution in [2.45, 2.75) is 39.8 Å². The van der Waals surface area contributed by atoms with E-state index in [1.165, 1.54) is 10.8 Å². The zero-order valence-corrected chi connectivity index (χ0v) is 13.6. The maximum Gasteiger partial charge on any atom is 0.344 e. The molecule has 122 valence electrons. The van der Waals surface area contributed by atoms with Crippen LogP contribution in [0.5, 0.6) is 5.75 Å². The van der Waals surface area contributed by atoms with Crippen LogP contribution < -0.4 is 10.3 Å². The molecule has 1 aromatic rings. The number of pyridine rings is 1. The van der Waals surface area contributed by atoms with E-state index in [0.29, 0.717) is 0 Å². The van der Waals surface area contributed by atoms with Gasteiger partial charge >= 0.3 is 11.9 Å². The molecule has 0 bridgehead atoms. The van der Waals surface area contributed by atoms with Gasteiger partial charge in [-0.25, -0.2) is 9.59 Å². The van der Waals surface area contributed by atoms with Crippen LogP contribution in [0, 0.1) is 0 Å². The van der Waals surface area contributed by atoms with Crippen LogP contribution in [0.4, 0.5) is 0 Å². The van der Waals surface area contributed by atoms with Gasteiger partial charge in [0, 0.05) is 6.04 Å². The number of ether oxygens (including phenoxy) is 3. The molecule has 22 heavy (non-hydrogen) atoms. The lowest BCUT2D eigenvalue weighted by Crippen LogP contribution is -2.32. The Hall–Kier alpha value is -2.31. The van der Waals surface area contributed by atoms with E-state index < -0.39 is 17.5 Å². The zero-order chi connectivity index (χ0) is 17.0. The summed E-state index contributed by atoms with van der Waals surface area (Å²) in [5.41, 5.74) is -1.23. The van der Waals surface area contributed by atoms with Crippen molar-refractivity contribution in [2.24, 2.45) is 0 Å². The molecule has 1 heterocycles. The van der Waals surface area contributed by atoms with Crippen molar-refractivity contribution in [3.05, 3.63) is 27.7 Å². The number of hydrogen-bond donors (Lipinski definition) is 0. The van der Waals surface area contributed by atoms with Crippen molar-refractivity contribution in [1.82, 2.24) is 4.57 Å². The highest BCUT2D eigenvalue weighted by Crippen LogP contribution is 2.24. The Morgan fingerprint density at radius 1 is 1.00 bits per heavy atom. The fourth-order valence-corrected chi connectivity index (χ4v) is 1.93. The highest BCUT2D eigenvalue weighted by molar-refractivity contribution is 6.04. The van der Waals surface area contributed by atoms with Crippen LogP contribution in [0.2, 0.25) is 0 Å². The largest absolute Gasteiger partial charge is 0.489 e. The van der Waals surface area contributed by atoms with Gasteiger partial charge in [0.1, 0.15) is 11.1 Å². The Balaban J connectivity index is 3.81. The number of esters is 2. The van der Waals surface area contributed by atoms with Gasteiger partial charge in [0.15, 0.2) is 5.75 Å². The number of nitrogens with zero attached hydrogens (tertiary/aromatic N) is 1. The standard InChI is InChI=1S/C15H21NO6/c1-8(2)16-7-10(22-9(3)4)11(14(18)20-5)12(13(16)17)15(19)21-6/h7-9H,1-6H3. The van der Waals surface area contributed by atoms with Gasteiger partial charge in [-0.15, -0.1) is 0 Å². The van der Waals surface area contributed by atoms with Crippen molar-refractivity contribution in [3.8, 4) is 5.75 Å². The predicted octanol–water partition coefficient (Wildman–Crippen LogP) is 1.79. The van der Waals surface area contributed by atoms with Gasteiger partial charge in [-0.2, -0.15) is 0 Å². The van der Waals surface area contributed by atoms with E-state index >= 15 is 0 Å². The van der Waals surface area contributed by atoms with Crippen LogP contribution in [0.1, 0.15) is 54.5 Å². The molecule has 7 heteroatoms. The molecule has 0 unspecified atom stereocenters. The number of rotatable bonds is 5. The Morgan fingerprint density at radius 3 is 1.91 bits per heavy atom. The van der Waals surface area contributed by atoms with E-state index in [1.807, 2.05) is 0 Å². The lowest BCUT2D eigenvalue weighted by Gasteiger charge is -2.19. The third-order valence-corrected chi connectivity index (χ3v) is 2.90. The highest BCUT2D eigenvalue weighted by atomic mass is 16.5. The van der Waals surface area contributed by atoms with Gasteiger partial charge in [0.25, 0.3) is 5.56 Å². The Labute approximate surface area is 128 Å². The molecule has 0 N–H and O–H groups in total. The van der Waals surface area contributed by atoms with E-state index in [9.17, 15) is 14.4 Å². The maximum atomic E-state index is 12.5. The predicted molar refractivity (Wildman–Crippen MR) is 79.5 cm³/mol. The summed E-state index contributed by atoms with van der Waals surface area (Å²) in [6.07, 6.45) is 1.15. The molecule has 0 radical (unpaired) electrons. The first-order chi connectivity index (χ1) is 10.2. The molecule has 0 amide bonds. The minimum Gasteiger partial charge on any atom is -0.489 e. The molecule has 7 nitrogen and oxygen atoms in total. The topological polar surface area (TPSA) is 83.8 Å². The highest BCUT2D eigenvalue weighted by Gasteiger charge is 2.29. The summed E-state index contributed by atoms with van der Waals surface area (Å²) in [5.74, 6) is -1.63.